The number of hydrogen-bond acceptors (Lipinski definition) is 8. The number of amides is 1. The molecule has 2 aliphatic rings. The quantitative estimate of drug-likeness (QED) is 0.393. The molecule has 0 bridgehead atoms. The number of piperazine rings is 1. The van der Waals surface area contributed by atoms with Gasteiger partial charge in [0.1, 0.15) is 6.33 Å². The van der Waals surface area contributed by atoms with Gasteiger partial charge in [0, 0.05) is 69.2 Å². The van der Waals surface area contributed by atoms with Gasteiger partial charge in [-0.25, -0.2) is 15.0 Å². The van der Waals surface area contributed by atoms with Gasteiger partial charge in [-0.3, -0.25) is 14.3 Å². The highest BCUT2D eigenvalue weighted by Crippen LogP contribution is 2.26. The van der Waals surface area contributed by atoms with Gasteiger partial charge in [0.05, 0.1) is 13.2 Å². The molecule has 1 amide bonds. The number of carbonyl (C=O) groups excluding carboxylic acids is 1. The SMILES string of the molecule is CN1CCN(C(=O)c2ccc(-c3nc(NCCN4CCOCC4)c4ncn(-c5ccccc5)c4n3)cc2)CC1. The van der Waals surface area contributed by atoms with Crippen LogP contribution in [0.5, 0.6) is 0 Å². The summed E-state index contributed by atoms with van der Waals surface area (Å²) in [6.45, 7) is 8.35. The van der Waals surface area contributed by atoms with Crippen molar-refractivity contribution >= 4 is 22.9 Å². The Bertz CT molecular complexity index is 1410. The van der Waals surface area contributed by atoms with Crippen LogP contribution in [0.4, 0.5) is 5.82 Å². The minimum absolute atomic E-state index is 0.0682. The Kier molecular flexibility index (Phi) is 7.49. The average molecular weight is 527 g/mol. The Labute approximate surface area is 228 Å². The Hall–Kier alpha value is -3.86. The minimum Gasteiger partial charge on any atom is -0.379 e. The predicted molar refractivity (Wildman–Crippen MR) is 151 cm³/mol. The maximum absolute atomic E-state index is 13.0. The topological polar surface area (TPSA) is 91.6 Å². The molecule has 10 nitrogen and oxygen atoms in total. The molecule has 0 radical (unpaired) electrons. The summed E-state index contributed by atoms with van der Waals surface area (Å²) in [5.74, 6) is 1.36. The second-order valence-electron chi connectivity index (χ2n) is 10.1. The monoisotopic (exact) mass is 526 g/mol. The number of nitrogens with zero attached hydrogens (tertiary/aromatic N) is 7. The summed E-state index contributed by atoms with van der Waals surface area (Å²) >= 11 is 0. The van der Waals surface area contributed by atoms with Gasteiger partial charge < -0.3 is 19.9 Å². The first kappa shape index (κ1) is 25.4. The first-order valence-corrected chi connectivity index (χ1v) is 13.6. The van der Waals surface area contributed by atoms with Crippen LogP contribution in [-0.2, 0) is 4.74 Å². The lowest BCUT2D eigenvalue weighted by molar-refractivity contribution is 0.0398. The van der Waals surface area contributed by atoms with Crippen LogP contribution in [0.2, 0.25) is 0 Å². The van der Waals surface area contributed by atoms with Crippen LogP contribution < -0.4 is 5.32 Å². The van der Waals surface area contributed by atoms with E-state index >= 15 is 0 Å². The number of anilines is 1. The van der Waals surface area contributed by atoms with Gasteiger partial charge in [0.25, 0.3) is 5.91 Å². The lowest BCUT2D eigenvalue weighted by Crippen LogP contribution is -2.47. The normalized spacial score (nSPS) is 17.0. The van der Waals surface area contributed by atoms with Crippen molar-refractivity contribution in [3.05, 3.63) is 66.5 Å². The molecule has 0 unspecified atom stereocenters. The number of carbonyl (C=O) groups is 1. The van der Waals surface area contributed by atoms with Crippen molar-refractivity contribution in [3.63, 3.8) is 0 Å². The fourth-order valence-electron chi connectivity index (χ4n) is 5.04. The molecule has 0 aliphatic carbocycles. The molecule has 0 saturated carbocycles. The number of para-hydroxylation sites is 1. The van der Waals surface area contributed by atoms with Crippen LogP contribution >= 0.6 is 0 Å². The predicted octanol–water partition coefficient (Wildman–Crippen LogP) is 2.61. The van der Waals surface area contributed by atoms with E-state index in [4.69, 9.17) is 14.7 Å². The third-order valence-corrected chi connectivity index (χ3v) is 7.44. The minimum atomic E-state index is 0.0682. The number of nitrogens with one attached hydrogen (secondary N) is 1. The second-order valence-corrected chi connectivity index (χ2v) is 10.1. The first-order valence-electron chi connectivity index (χ1n) is 13.6. The molecular formula is C29H34N8O2. The maximum atomic E-state index is 13.0. The average Bonchev–Trinajstić information content (AvgIpc) is 3.43. The summed E-state index contributed by atoms with van der Waals surface area (Å²) in [5.41, 5.74) is 3.98. The Morgan fingerprint density at radius 2 is 1.67 bits per heavy atom. The zero-order valence-electron chi connectivity index (χ0n) is 22.3. The summed E-state index contributed by atoms with van der Waals surface area (Å²) in [6, 6.07) is 17.7. The molecule has 1 N–H and O–H groups in total. The van der Waals surface area contributed by atoms with Gasteiger partial charge in [-0.15, -0.1) is 0 Å². The molecule has 6 rings (SSSR count). The van der Waals surface area contributed by atoms with Crippen LogP contribution in [0.1, 0.15) is 10.4 Å². The van der Waals surface area contributed by atoms with Crippen LogP contribution in [0.25, 0.3) is 28.2 Å². The lowest BCUT2D eigenvalue weighted by atomic mass is 10.1. The van der Waals surface area contributed by atoms with Crippen molar-refractivity contribution in [2.45, 2.75) is 0 Å². The van der Waals surface area contributed by atoms with Gasteiger partial charge in [0.2, 0.25) is 0 Å². The number of imidazole rings is 1. The van der Waals surface area contributed by atoms with Gasteiger partial charge in [0.15, 0.2) is 22.8 Å². The highest BCUT2D eigenvalue weighted by atomic mass is 16.5. The van der Waals surface area contributed by atoms with Crippen LogP contribution in [0.15, 0.2) is 60.9 Å². The maximum Gasteiger partial charge on any atom is 0.253 e. The third-order valence-electron chi connectivity index (χ3n) is 7.44. The standard InChI is InChI=1S/C29H34N8O2/c1-34-13-15-36(16-14-34)29(38)23-9-7-22(8-10-23)26-32-27(30-11-12-35-17-19-39-20-18-35)25-28(33-26)37(21-31-25)24-5-3-2-4-6-24/h2-10,21H,11-20H2,1H3,(H,30,32,33). The molecule has 4 heterocycles. The number of aromatic nitrogens is 4. The van der Waals surface area contributed by atoms with E-state index in [1.165, 1.54) is 0 Å². The highest BCUT2D eigenvalue weighted by molar-refractivity contribution is 5.95. The van der Waals surface area contributed by atoms with E-state index in [-0.39, 0.29) is 5.91 Å². The van der Waals surface area contributed by atoms with Crippen molar-refractivity contribution in [1.82, 2.24) is 34.2 Å². The van der Waals surface area contributed by atoms with E-state index in [1.807, 2.05) is 64.1 Å². The number of morpholine rings is 1. The molecule has 2 aromatic carbocycles. The van der Waals surface area contributed by atoms with Crippen molar-refractivity contribution < 1.29 is 9.53 Å². The summed E-state index contributed by atoms with van der Waals surface area (Å²) in [5, 5.41) is 3.51. The number of likely N-dealkylation sites (N-methyl/N-ethyl adjacent to an activating group) is 1. The number of rotatable bonds is 7. The largest absolute Gasteiger partial charge is 0.379 e. The van der Waals surface area contributed by atoms with E-state index in [2.05, 4.69) is 27.1 Å². The van der Waals surface area contributed by atoms with E-state index in [0.717, 1.165) is 88.0 Å². The Morgan fingerprint density at radius 3 is 2.41 bits per heavy atom. The fourth-order valence-corrected chi connectivity index (χ4v) is 5.04. The van der Waals surface area contributed by atoms with Gasteiger partial charge >= 0.3 is 0 Å². The molecule has 4 aromatic rings. The van der Waals surface area contributed by atoms with Crippen molar-refractivity contribution in [3.8, 4) is 17.1 Å². The second kappa shape index (κ2) is 11.5. The zero-order chi connectivity index (χ0) is 26.6. The Morgan fingerprint density at radius 1 is 0.923 bits per heavy atom. The smallest absolute Gasteiger partial charge is 0.253 e. The molecule has 10 heteroatoms. The van der Waals surface area contributed by atoms with Crippen LogP contribution in [0, 0.1) is 0 Å². The fraction of sp³-hybridized carbons (Fsp3) is 0.379. The van der Waals surface area contributed by atoms with Crippen LogP contribution in [0.3, 0.4) is 0 Å². The lowest BCUT2D eigenvalue weighted by Gasteiger charge is -2.32. The molecule has 202 valence electrons. The van der Waals surface area contributed by atoms with E-state index in [9.17, 15) is 4.79 Å². The van der Waals surface area contributed by atoms with E-state index in [1.54, 1.807) is 6.33 Å². The van der Waals surface area contributed by atoms with Crippen molar-refractivity contribution in [1.29, 1.82) is 0 Å². The third kappa shape index (κ3) is 5.63. The molecule has 0 spiro atoms. The van der Waals surface area contributed by atoms with E-state index < -0.39 is 0 Å². The summed E-state index contributed by atoms with van der Waals surface area (Å²) in [6.07, 6.45) is 1.80. The molecule has 0 atom stereocenters. The zero-order valence-corrected chi connectivity index (χ0v) is 22.3. The van der Waals surface area contributed by atoms with Gasteiger partial charge in [-0.1, -0.05) is 30.3 Å². The van der Waals surface area contributed by atoms with Crippen molar-refractivity contribution in [2.75, 3.05) is 77.9 Å². The summed E-state index contributed by atoms with van der Waals surface area (Å²) in [7, 11) is 2.09. The number of hydrogen-bond donors (Lipinski definition) is 1. The number of ether oxygens (including phenoxy) is 1. The van der Waals surface area contributed by atoms with Crippen LogP contribution in [-0.4, -0.2) is 113 Å². The Balaban J connectivity index is 1.29. The molecule has 2 fully saturated rings. The van der Waals surface area contributed by atoms with Gasteiger partial charge in [-0.2, -0.15) is 0 Å². The summed E-state index contributed by atoms with van der Waals surface area (Å²) in [4.78, 5) is 34.1. The number of fused-ring (bicyclic) bond motifs is 1. The number of benzene rings is 2. The van der Waals surface area contributed by atoms with Gasteiger partial charge in [-0.05, 0) is 31.3 Å². The highest BCUT2D eigenvalue weighted by Gasteiger charge is 2.21. The molecule has 2 aromatic heterocycles. The summed E-state index contributed by atoms with van der Waals surface area (Å²) < 4.78 is 7.46. The molecule has 39 heavy (non-hydrogen) atoms. The molecular weight excluding hydrogens is 492 g/mol. The van der Waals surface area contributed by atoms with Crippen molar-refractivity contribution in [2.24, 2.45) is 0 Å². The molecule has 2 saturated heterocycles. The van der Waals surface area contributed by atoms with E-state index in [0.29, 0.717) is 17.2 Å². The first-order chi connectivity index (χ1) is 19.2. The molecule has 2 aliphatic heterocycles.